The summed E-state index contributed by atoms with van der Waals surface area (Å²) in [4.78, 5) is 3.74. The van der Waals surface area contributed by atoms with E-state index in [1.165, 1.54) is 6.40 Å². The van der Waals surface area contributed by atoms with Crippen molar-refractivity contribution in [1.29, 1.82) is 0 Å². The summed E-state index contributed by atoms with van der Waals surface area (Å²) >= 11 is 0. The van der Waals surface area contributed by atoms with E-state index in [9.17, 15) is 0 Å². The van der Waals surface area contributed by atoms with Crippen LogP contribution in [0.15, 0.2) is 4.99 Å². The Kier molecular flexibility index (Phi) is 6.43. The van der Waals surface area contributed by atoms with Crippen molar-refractivity contribution in [3.63, 3.8) is 0 Å². The van der Waals surface area contributed by atoms with E-state index in [-0.39, 0.29) is 0 Å². The Labute approximate surface area is 76.7 Å². The van der Waals surface area contributed by atoms with E-state index in [0.29, 0.717) is 0 Å². The molecule has 0 fully saturated rings. The quantitative estimate of drug-likeness (QED) is 0.402. The summed E-state index contributed by atoms with van der Waals surface area (Å²) in [6, 6.07) is 0. The van der Waals surface area contributed by atoms with Gasteiger partial charge in [-0.15, -0.1) is 0 Å². The SMILES string of the molecule is C1=NCCO1.NC(CO)(CO)CO. The molecule has 0 bridgehead atoms. The van der Waals surface area contributed by atoms with Crippen LogP contribution in [-0.4, -0.2) is 60.2 Å². The molecule has 13 heavy (non-hydrogen) atoms. The van der Waals surface area contributed by atoms with Crippen LogP contribution in [0.3, 0.4) is 0 Å². The zero-order valence-corrected chi connectivity index (χ0v) is 7.39. The van der Waals surface area contributed by atoms with Gasteiger partial charge in [0.2, 0.25) is 0 Å². The molecule has 6 nitrogen and oxygen atoms in total. The van der Waals surface area contributed by atoms with Gasteiger partial charge in [0.05, 0.1) is 31.9 Å². The number of aliphatic hydroxyl groups is 3. The lowest BCUT2D eigenvalue weighted by atomic mass is 10.1. The third-order valence-electron chi connectivity index (χ3n) is 1.43. The van der Waals surface area contributed by atoms with Crippen molar-refractivity contribution >= 4 is 6.40 Å². The van der Waals surface area contributed by atoms with Gasteiger partial charge in [-0.3, -0.25) is 4.99 Å². The lowest BCUT2D eigenvalue weighted by molar-refractivity contribution is 0.0698. The van der Waals surface area contributed by atoms with Gasteiger partial charge in [-0.05, 0) is 0 Å². The number of hydrogen-bond acceptors (Lipinski definition) is 6. The first-order chi connectivity index (χ1) is 6.18. The number of nitrogens with zero attached hydrogens (tertiary/aromatic N) is 1. The van der Waals surface area contributed by atoms with Gasteiger partial charge in [0.15, 0.2) is 6.40 Å². The summed E-state index contributed by atoms with van der Waals surface area (Å²) in [6.45, 7) is 0.417. The molecule has 6 heteroatoms. The molecule has 0 aromatic heterocycles. The van der Waals surface area contributed by atoms with Crippen LogP contribution >= 0.6 is 0 Å². The first-order valence-corrected chi connectivity index (χ1v) is 3.90. The van der Waals surface area contributed by atoms with Gasteiger partial charge in [0.1, 0.15) is 6.61 Å². The summed E-state index contributed by atoms with van der Waals surface area (Å²) in [6.07, 6.45) is 1.49. The van der Waals surface area contributed by atoms with Crippen molar-refractivity contribution in [3.05, 3.63) is 0 Å². The fraction of sp³-hybridized carbons (Fsp3) is 0.857. The Balaban J connectivity index is 0.000000243. The van der Waals surface area contributed by atoms with E-state index in [4.69, 9.17) is 21.1 Å². The van der Waals surface area contributed by atoms with Gasteiger partial charge in [-0.2, -0.15) is 0 Å². The minimum atomic E-state index is -1.21. The van der Waals surface area contributed by atoms with E-state index in [0.717, 1.165) is 13.2 Å². The zero-order chi connectivity index (χ0) is 10.2. The van der Waals surface area contributed by atoms with Gasteiger partial charge in [0, 0.05) is 0 Å². The number of hydrogen-bond donors (Lipinski definition) is 4. The monoisotopic (exact) mass is 192 g/mol. The standard InChI is InChI=1S/C4H11NO3.C3H5NO/c5-4(1-6,2-7)3-8;1-2-5-3-4-1/h6-8H,1-3,5H2;3H,1-2H2. The third-order valence-corrected chi connectivity index (χ3v) is 1.43. The fourth-order valence-corrected chi connectivity index (χ4v) is 0.414. The number of nitrogens with two attached hydrogens (primary N) is 1. The van der Waals surface area contributed by atoms with E-state index in [2.05, 4.69) is 9.73 Å². The highest BCUT2D eigenvalue weighted by molar-refractivity contribution is 5.47. The molecule has 5 N–H and O–H groups in total. The summed E-state index contributed by atoms with van der Waals surface area (Å²) in [5.74, 6) is 0. The predicted octanol–water partition coefficient (Wildman–Crippen LogP) is -2.29. The molecular weight excluding hydrogens is 176 g/mol. The summed E-state index contributed by atoms with van der Waals surface area (Å²) < 4.78 is 4.65. The second kappa shape index (κ2) is 6.79. The number of ether oxygens (including phenoxy) is 1. The van der Waals surface area contributed by atoms with Crippen LogP contribution in [0, 0.1) is 0 Å². The molecule has 78 valence electrons. The Morgan fingerprint density at radius 1 is 1.31 bits per heavy atom. The van der Waals surface area contributed by atoms with Crippen molar-refractivity contribution in [2.45, 2.75) is 5.54 Å². The van der Waals surface area contributed by atoms with Crippen molar-refractivity contribution in [1.82, 2.24) is 0 Å². The van der Waals surface area contributed by atoms with Gasteiger partial charge in [-0.25, -0.2) is 0 Å². The topological polar surface area (TPSA) is 108 Å². The Hall–Kier alpha value is -0.690. The molecule has 1 aliphatic heterocycles. The second-order valence-corrected chi connectivity index (χ2v) is 2.72. The van der Waals surface area contributed by atoms with Crippen molar-refractivity contribution < 1.29 is 20.1 Å². The van der Waals surface area contributed by atoms with Crippen LogP contribution < -0.4 is 5.73 Å². The third kappa shape index (κ3) is 5.53. The highest BCUT2D eigenvalue weighted by atomic mass is 16.5. The highest BCUT2D eigenvalue weighted by Crippen LogP contribution is 1.93. The maximum absolute atomic E-state index is 8.34. The van der Waals surface area contributed by atoms with Crippen molar-refractivity contribution in [3.8, 4) is 0 Å². The first-order valence-electron chi connectivity index (χ1n) is 3.90. The molecule has 1 aliphatic rings. The molecule has 0 aliphatic carbocycles. The number of aliphatic hydroxyl groups excluding tert-OH is 3. The van der Waals surface area contributed by atoms with Gasteiger partial charge in [-0.1, -0.05) is 0 Å². The van der Waals surface area contributed by atoms with E-state index in [1.54, 1.807) is 0 Å². The lowest BCUT2D eigenvalue weighted by Crippen LogP contribution is -2.50. The van der Waals surface area contributed by atoms with Gasteiger partial charge >= 0.3 is 0 Å². The summed E-state index contributed by atoms with van der Waals surface area (Å²) in [5, 5.41) is 25.0. The predicted molar refractivity (Wildman–Crippen MR) is 47.5 cm³/mol. The minimum Gasteiger partial charge on any atom is -0.482 e. The molecule has 0 spiro atoms. The summed E-state index contributed by atoms with van der Waals surface area (Å²) in [5.41, 5.74) is 3.94. The highest BCUT2D eigenvalue weighted by Gasteiger charge is 2.20. The van der Waals surface area contributed by atoms with Crippen LogP contribution in [0.25, 0.3) is 0 Å². The molecule has 0 aromatic carbocycles. The average Bonchev–Trinajstić information content (AvgIpc) is 2.75. The molecule has 0 aromatic rings. The lowest BCUT2D eigenvalue weighted by Gasteiger charge is -2.20. The Morgan fingerprint density at radius 3 is 1.92 bits per heavy atom. The largest absolute Gasteiger partial charge is 0.482 e. The molecule has 0 atom stereocenters. The Bertz CT molecular complexity index is 133. The zero-order valence-electron chi connectivity index (χ0n) is 7.39. The maximum atomic E-state index is 8.34. The molecule has 0 saturated carbocycles. The summed E-state index contributed by atoms with van der Waals surface area (Å²) in [7, 11) is 0. The average molecular weight is 192 g/mol. The second-order valence-electron chi connectivity index (χ2n) is 2.72. The van der Waals surface area contributed by atoms with Crippen LogP contribution in [-0.2, 0) is 4.74 Å². The van der Waals surface area contributed by atoms with E-state index in [1.807, 2.05) is 0 Å². The van der Waals surface area contributed by atoms with Crippen molar-refractivity contribution in [2.24, 2.45) is 10.7 Å². The van der Waals surface area contributed by atoms with Crippen LogP contribution in [0.4, 0.5) is 0 Å². The van der Waals surface area contributed by atoms with E-state index >= 15 is 0 Å². The van der Waals surface area contributed by atoms with E-state index < -0.39 is 25.4 Å². The number of aliphatic imine (C=N–C) groups is 1. The molecule has 1 rings (SSSR count). The van der Waals surface area contributed by atoms with Crippen molar-refractivity contribution in [2.75, 3.05) is 33.0 Å². The van der Waals surface area contributed by atoms with Crippen LogP contribution in [0.5, 0.6) is 0 Å². The normalized spacial score (nSPS) is 14.8. The van der Waals surface area contributed by atoms with Gasteiger partial charge < -0.3 is 25.8 Å². The molecule has 1 heterocycles. The maximum Gasteiger partial charge on any atom is 0.169 e. The first kappa shape index (κ1) is 12.3. The smallest absolute Gasteiger partial charge is 0.169 e. The molecule has 0 radical (unpaired) electrons. The fourth-order valence-electron chi connectivity index (χ4n) is 0.414. The Morgan fingerprint density at radius 2 is 1.85 bits per heavy atom. The molecule has 0 unspecified atom stereocenters. The molecule has 0 saturated heterocycles. The van der Waals surface area contributed by atoms with Gasteiger partial charge in [0.25, 0.3) is 0 Å². The minimum absolute atomic E-state index is 0.403. The van der Waals surface area contributed by atoms with Crippen LogP contribution in [0.1, 0.15) is 0 Å². The molecular formula is C7H16N2O4. The number of rotatable bonds is 3. The molecule has 0 amide bonds. The van der Waals surface area contributed by atoms with Crippen LogP contribution in [0.2, 0.25) is 0 Å².